The van der Waals surface area contributed by atoms with E-state index in [-0.39, 0.29) is 6.10 Å². The minimum absolute atomic E-state index is 0.305. The number of rotatable bonds is 2. The van der Waals surface area contributed by atoms with Crippen molar-refractivity contribution >= 4 is 7.82 Å². The molecule has 0 aliphatic heterocycles. The van der Waals surface area contributed by atoms with Crippen LogP contribution in [0.5, 0.6) is 0 Å². The first kappa shape index (κ1) is 8.94. The van der Waals surface area contributed by atoms with Gasteiger partial charge in [0.25, 0.3) is 0 Å². The maximum Gasteiger partial charge on any atom is 0.469 e. The van der Waals surface area contributed by atoms with Crippen molar-refractivity contribution in [3.05, 3.63) is 12.2 Å². The fourth-order valence-corrected chi connectivity index (χ4v) is 1.64. The second kappa shape index (κ2) is 3.50. The van der Waals surface area contributed by atoms with E-state index in [1.165, 1.54) is 0 Å². The van der Waals surface area contributed by atoms with Crippen molar-refractivity contribution in [1.29, 1.82) is 0 Å². The summed E-state index contributed by atoms with van der Waals surface area (Å²) in [6, 6.07) is 0. The number of allylic oxidation sites excluding steroid dienone is 1. The first-order chi connectivity index (χ1) is 5.08. The highest BCUT2D eigenvalue weighted by Gasteiger charge is 2.21. The summed E-state index contributed by atoms with van der Waals surface area (Å²) in [5.74, 6) is 0. The van der Waals surface area contributed by atoms with Gasteiger partial charge in [0.15, 0.2) is 0 Å². The molecule has 1 aliphatic carbocycles. The third-order valence-electron chi connectivity index (χ3n) is 1.51. The lowest BCUT2D eigenvalue weighted by Gasteiger charge is -2.18. The van der Waals surface area contributed by atoms with E-state index in [0.717, 1.165) is 6.42 Å². The summed E-state index contributed by atoms with van der Waals surface area (Å²) in [6.45, 7) is 0. The predicted molar refractivity (Wildman–Crippen MR) is 39.9 cm³/mol. The normalized spacial score (nSPS) is 25.5. The molecular weight excluding hydrogens is 167 g/mol. The highest BCUT2D eigenvalue weighted by molar-refractivity contribution is 7.46. The summed E-state index contributed by atoms with van der Waals surface area (Å²) < 4.78 is 14.8. The first-order valence-corrected chi connectivity index (χ1v) is 5.00. The summed E-state index contributed by atoms with van der Waals surface area (Å²) in [7, 11) is -4.27. The SMILES string of the molecule is O=P(O)(O)OC1CC=CCC1. The molecule has 11 heavy (non-hydrogen) atoms. The molecule has 64 valence electrons. The molecule has 0 amide bonds. The van der Waals surface area contributed by atoms with E-state index in [4.69, 9.17) is 9.79 Å². The monoisotopic (exact) mass is 178 g/mol. The van der Waals surface area contributed by atoms with E-state index >= 15 is 0 Å². The van der Waals surface area contributed by atoms with Gasteiger partial charge in [-0.1, -0.05) is 12.2 Å². The van der Waals surface area contributed by atoms with Crippen LogP contribution in [0.25, 0.3) is 0 Å². The predicted octanol–water partition coefficient (Wildman–Crippen LogP) is 1.20. The number of hydrogen-bond donors (Lipinski definition) is 2. The Balaban J connectivity index is 2.38. The maximum atomic E-state index is 10.3. The third kappa shape index (κ3) is 3.68. The van der Waals surface area contributed by atoms with Gasteiger partial charge >= 0.3 is 7.82 Å². The minimum atomic E-state index is -4.27. The second-order valence-electron chi connectivity index (χ2n) is 2.50. The summed E-state index contributed by atoms with van der Waals surface area (Å²) in [6.07, 6.45) is 5.70. The van der Waals surface area contributed by atoms with Crippen molar-refractivity contribution in [3.8, 4) is 0 Å². The van der Waals surface area contributed by atoms with Crippen LogP contribution in [0, 0.1) is 0 Å². The average Bonchev–Trinajstić information content (AvgIpc) is 1.85. The molecule has 0 spiro atoms. The molecule has 0 aromatic carbocycles. The zero-order chi connectivity index (χ0) is 8.32. The molecular formula is C6H11O4P. The molecule has 1 aliphatic rings. The molecule has 0 saturated heterocycles. The van der Waals surface area contributed by atoms with Gasteiger partial charge in [-0.05, 0) is 19.3 Å². The Bertz CT molecular complexity index is 195. The molecule has 0 saturated carbocycles. The van der Waals surface area contributed by atoms with Crippen molar-refractivity contribution in [2.24, 2.45) is 0 Å². The lowest BCUT2D eigenvalue weighted by atomic mass is 10.1. The smallest absolute Gasteiger partial charge is 0.303 e. The highest BCUT2D eigenvalue weighted by atomic mass is 31.2. The Labute approximate surface area is 65.1 Å². The number of hydrogen-bond acceptors (Lipinski definition) is 2. The molecule has 5 heteroatoms. The van der Waals surface area contributed by atoms with Crippen molar-refractivity contribution < 1.29 is 18.9 Å². The largest absolute Gasteiger partial charge is 0.469 e. The van der Waals surface area contributed by atoms with Crippen LogP contribution >= 0.6 is 7.82 Å². The lowest BCUT2D eigenvalue weighted by Crippen LogP contribution is -2.12. The molecule has 4 nitrogen and oxygen atoms in total. The Morgan fingerprint density at radius 2 is 2.18 bits per heavy atom. The molecule has 0 bridgehead atoms. The van der Waals surface area contributed by atoms with Gasteiger partial charge in [-0.3, -0.25) is 4.52 Å². The third-order valence-corrected chi connectivity index (χ3v) is 2.08. The maximum absolute atomic E-state index is 10.3. The lowest BCUT2D eigenvalue weighted by molar-refractivity contribution is 0.126. The fourth-order valence-electron chi connectivity index (χ4n) is 1.06. The van der Waals surface area contributed by atoms with Crippen LogP contribution in [0.2, 0.25) is 0 Å². The summed E-state index contributed by atoms with van der Waals surface area (Å²) in [4.78, 5) is 16.9. The molecule has 0 aromatic heterocycles. The topological polar surface area (TPSA) is 66.8 Å². The number of phosphoric ester groups is 1. The van der Waals surface area contributed by atoms with Gasteiger partial charge in [0.2, 0.25) is 0 Å². The van der Waals surface area contributed by atoms with E-state index in [2.05, 4.69) is 4.52 Å². The molecule has 1 atom stereocenters. The molecule has 0 radical (unpaired) electrons. The van der Waals surface area contributed by atoms with Gasteiger partial charge < -0.3 is 9.79 Å². The molecule has 0 heterocycles. The van der Waals surface area contributed by atoms with Crippen molar-refractivity contribution in [2.45, 2.75) is 25.4 Å². The number of phosphoric acid groups is 1. The van der Waals surface area contributed by atoms with E-state index in [1.807, 2.05) is 12.2 Å². The van der Waals surface area contributed by atoms with Crippen LogP contribution in [-0.4, -0.2) is 15.9 Å². The Kier molecular flexibility index (Phi) is 2.84. The van der Waals surface area contributed by atoms with Crippen molar-refractivity contribution in [1.82, 2.24) is 0 Å². The van der Waals surface area contributed by atoms with Gasteiger partial charge in [0.1, 0.15) is 0 Å². The Morgan fingerprint density at radius 1 is 1.45 bits per heavy atom. The second-order valence-corrected chi connectivity index (χ2v) is 3.69. The quantitative estimate of drug-likeness (QED) is 0.492. The van der Waals surface area contributed by atoms with E-state index < -0.39 is 7.82 Å². The zero-order valence-corrected chi connectivity index (χ0v) is 6.91. The zero-order valence-electron chi connectivity index (χ0n) is 6.01. The molecule has 0 fully saturated rings. The molecule has 1 unspecified atom stereocenters. The Hall–Kier alpha value is -0.150. The van der Waals surface area contributed by atoms with Gasteiger partial charge in [-0.25, -0.2) is 4.57 Å². The van der Waals surface area contributed by atoms with Crippen LogP contribution in [-0.2, 0) is 9.09 Å². The minimum Gasteiger partial charge on any atom is -0.303 e. The molecule has 1 rings (SSSR count). The summed E-state index contributed by atoms with van der Waals surface area (Å²) in [5, 5.41) is 0. The molecule has 0 aromatic rings. The van der Waals surface area contributed by atoms with Crippen LogP contribution < -0.4 is 0 Å². The van der Waals surface area contributed by atoms with Gasteiger partial charge in [-0.15, -0.1) is 0 Å². The highest BCUT2D eigenvalue weighted by Crippen LogP contribution is 2.39. The van der Waals surface area contributed by atoms with Crippen LogP contribution in [0.3, 0.4) is 0 Å². The average molecular weight is 178 g/mol. The van der Waals surface area contributed by atoms with Crippen LogP contribution in [0.15, 0.2) is 12.2 Å². The van der Waals surface area contributed by atoms with E-state index in [9.17, 15) is 4.57 Å². The first-order valence-electron chi connectivity index (χ1n) is 3.47. The van der Waals surface area contributed by atoms with Crippen molar-refractivity contribution in [3.63, 3.8) is 0 Å². The van der Waals surface area contributed by atoms with Gasteiger partial charge in [0, 0.05) is 0 Å². The van der Waals surface area contributed by atoms with Crippen LogP contribution in [0.1, 0.15) is 19.3 Å². The van der Waals surface area contributed by atoms with Crippen LogP contribution in [0.4, 0.5) is 0 Å². The Morgan fingerprint density at radius 3 is 2.64 bits per heavy atom. The fraction of sp³-hybridized carbons (Fsp3) is 0.667. The van der Waals surface area contributed by atoms with Gasteiger partial charge in [-0.2, -0.15) is 0 Å². The summed E-state index contributed by atoms with van der Waals surface area (Å²) >= 11 is 0. The van der Waals surface area contributed by atoms with Crippen molar-refractivity contribution in [2.75, 3.05) is 0 Å². The van der Waals surface area contributed by atoms with Gasteiger partial charge in [0.05, 0.1) is 6.10 Å². The van der Waals surface area contributed by atoms with E-state index in [0.29, 0.717) is 12.8 Å². The summed E-state index contributed by atoms with van der Waals surface area (Å²) in [5.41, 5.74) is 0. The molecule has 2 N–H and O–H groups in total. The van der Waals surface area contributed by atoms with E-state index in [1.54, 1.807) is 0 Å². The standard InChI is InChI=1S/C6H11O4P/c7-11(8,9)10-6-4-2-1-3-5-6/h1-2,6H,3-5H2,(H2,7,8,9).